The summed E-state index contributed by atoms with van der Waals surface area (Å²) in [5.74, 6) is -0.180. The summed E-state index contributed by atoms with van der Waals surface area (Å²) in [5, 5.41) is 2.77. The molecule has 0 aliphatic rings. The number of benzene rings is 1. The minimum absolute atomic E-state index is 0.125. The van der Waals surface area contributed by atoms with Crippen molar-refractivity contribution >= 4 is 23.4 Å². The van der Waals surface area contributed by atoms with Crippen LogP contribution < -0.4 is 5.32 Å². The molecule has 0 fully saturated rings. The number of carbonyl (C=O) groups is 1. The first-order valence-electron chi connectivity index (χ1n) is 5.74. The summed E-state index contributed by atoms with van der Waals surface area (Å²) in [4.78, 5) is 16.5. The van der Waals surface area contributed by atoms with Gasteiger partial charge in [-0.25, -0.2) is 4.39 Å². The fourth-order valence-electron chi connectivity index (χ4n) is 1.53. The molecule has 0 aliphatic heterocycles. The summed E-state index contributed by atoms with van der Waals surface area (Å²) in [6.07, 6.45) is 1.64. The van der Waals surface area contributed by atoms with Gasteiger partial charge in [0.1, 0.15) is 5.82 Å². The smallest absolute Gasteiger partial charge is 0.234 e. The first kappa shape index (κ1) is 13.5. The Kier molecular flexibility index (Phi) is 4.52. The molecule has 19 heavy (non-hydrogen) atoms. The largest absolute Gasteiger partial charge is 0.325 e. The number of aryl methyl sites for hydroxylation is 1. The highest BCUT2D eigenvalue weighted by atomic mass is 32.2. The molecule has 2 rings (SSSR count). The Morgan fingerprint density at radius 3 is 2.95 bits per heavy atom. The Morgan fingerprint density at radius 2 is 2.21 bits per heavy atom. The topological polar surface area (TPSA) is 42.0 Å². The van der Waals surface area contributed by atoms with E-state index >= 15 is 0 Å². The Bertz CT molecular complexity index is 589. The average Bonchev–Trinajstić information content (AvgIpc) is 2.36. The number of carbonyl (C=O) groups excluding carboxylic acids is 1. The van der Waals surface area contributed by atoms with Crippen molar-refractivity contribution in [2.24, 2.45) is 0 Å². The van der Waals surface area contributed by atoms with E-state index in [2.05, 4.69) is 10.3 Å². The number of nitrogens with zero attached hydrogens (tertiary/aromatic N) is 1. The lowest BCUT2D eigenvalue weighted by atomic mass is 10.3. The van der Waals surface area contributed by atoms with Gasteiger partial charge in [0.15, 0.2) is 0 Å². The zero-order chi connectivity index (χ0) is 13.7. The summed E-state index contributed by atoms with van der Waals surface area (Å²) in [6, 6.07) is 9.72. The third-order valence-electron chi connectivity index (χ3n) is 2.35. The van der Waals surface area contributed by atoms with E-state index in [-0.39, 0.29) is 17.5 Å². The van der Waals surface area contributed by atoms with Gasteiger partial charge in [-0.05, 0) is 37.3 Å². The number of rotatable bonds is 4. The maximum atomic E-state index is 13.0. The van der Waals surface area contributed by atoms with Gasteiger partial charge in [0.2, 0.25) is 5.91 Å². The minimum atomic E-state index is -0.296. The van der Waals surface area contributed by atoms with E-state index in [9.17, 15) is 9.18 Å². The second kappa shape index (κ2) is 6.33. The van der Waals surface area contributed by atoms with Crippen LogP contribution in [-0.4, -0.2) is 16.6 Å². The number of amides is 1. The average molecular weight is 276 g/mol. The van der Waals surface area contributed by atoms with Crippen LogP contribution in [0.15, 0.2) is 47.5 Å². The van der Waals surface area contributed by atoms with Crippen molar-refractivity contribution < 1.29 is 9.18 Å². The Morgan fingerprint density at radius 1 is 1.37 bits per heavy atom. The molecule has 0 aliphatic carbocycles. The molecular formula is C14H13FN2OS. The highest BCUT2D eigenvalue weighted by molar-refractivity contribution is 8.00. The standard InChI is InChI=1S/C14H13FN2OS/c1-10-7-12(5-6-16-10)17-14(18)9-19-13-4-2-3-11(15)8-13/h2-8H,9H2,1H3,(H,16,17,18). The minimum Gasteiger partial charge on any atom is -0.325 e. The molecule has 1 N–H and O–H groups in total. The normalized spacial score (nSPS) is 10.2. The fraction of sp³-hybridized carbons (Fsp3) is 0.143. The van der Waals surface area contributed by atoms with E-state index in [1.54, 1.807) is 30.5 Å². The predicted molar refractivity (Wildman–Crippen MR) is 74.7 cm³/mol. The lowest BCUT2D eigenvalue weighted by Gasteiger charge is -2.05. The molecular weight excluding hydrogens is 263 g/mol. The van der Waals surface area contributed by atoms with Crippen molar-refractivity contribution in [3.63, 3.8) is 0 Å². The molecule has 3 nitrogen and oxygen atoms in total. The SMILES string of the molecule is Cc1cc(NC(=O)CSc2cccc(F)c2)ccn1. The zero-order valence-corrected chi connectivity index (χ0v) is 11.2. The molecule has 0 atom stereocenters. The van der Waals surface area contributed by atoms with Crippen molar-refractivity contribution in [1.82, 2.24) is 4.98 Å². The van der Waals surface area contributed by atoms with Crippen molar-refractivity contribution in [3.8, 4) is 0 Å². The van der Waals surface area contributed by atoms with Crippen molar-refractivity contribution in [1.29, 1.82) is 0 Å². The van der Waals surface area contributed by atoms with E-state index in [1.807, 2.05) is 6.92 Å². The Balaban J connectivity index is 1.88. The van der Waals surface area contributed by atoms with Crippen LogP contribution in [0, 0.1) is 12.7 Å². The van der Waals surface area contributed by atoms with E-state index in [1.165, 1.54) is 23.9 Å². The van der Waals surface area contributed by atoms with Gasteiger partial charge < -0.3 is 5.32 Å². The van der Waals surface area contributed by atoms with Gasteiger partial charge in [-0.1, -0.05) is 6.07 Å². The third-order valence-corrected chi connectivity index (χ3v) is 3.34. The number of thioether (sulfide) groups is 1. The molecule has 0 spiro atoms. The molecule has 0 bridgehead atoms. The molecule has 1 amide bonds. The van der Waals surface area contributed by atoms with Crippen LogP contribution in [0.2, 0.25) is 0 Å². The maximum Gasteiger partial charge on any atom is 0.234 e. The number of hydrogen-bond acceptors (Lipinski definition) is 3. The van der Waals surface area contributed by atoms with Crippen LogP contribution in [0.1, 0.15) is 5.69 Å². The number of nitrogens with one attached hydrogen (secondary N) is 1. The first-order valence-corrected chi connectivity index (χ1v) is 6.73. The van der Waals surface area contributed by atoms with Crippen LogP contribution in [-0.2, 0) is 4.79 Å². The van der Waals surface area contributed by atoms with Gasteiger partial charge in [0.05, 0.1) is 5.75 Å². The van der Waals surface area contributed by atoms with Crippen molar-refractivity contribution in [3.05, 3.63) is 54.1 Å². The third kappa shape index (κ3) is 4.37. The van der Waals surface area contributed by atoms with E-state index in [0.717, 1.165) is 16.3 Å². The predicted octanol–water partition coefficient (Wildman–Crippen LogP) is 3.26. The zero-order valence-electron chi connectivity index (χ0n) is 10.4. The first-order chi connectivity index (χ1) is 9.13. The molecule has 0 saturated carbocycles. The van der Waals surface area contributed by atoms with E-state index < -0.39 is 0 Å². The maximum absolute atomic E-state index is 13.0. The van der Waals surface area contributed by atoms with Gasteiger partial charge >= 0.3 is 0 Å². The molecule has 0 unspecified atom stereocenters. The summed E-state index contributed by atoms with van der Waals surface area (Å²) >= 11 is 1.30. The summed E-state index contributed by atoms with van der Waals surface area (Å²) in [5.41, 5.74) is 1.56. The van der Waals surface area contributed by atoms with Gasteiger partial charge in [-0.3, -0.25) is 9.78 Å². The Hall–Kier alpha value is -1.88. The van der Waals surface area contributed by atoms with Crippen LogP contribution in [0.5, 0.6) is 0 Å². The molecule has 0 saturated heterocycles. The quantitative estimate of drug-likeness (QED) is 0.872. The molecule has 5 heteroatoms. The van der Waals surface area contributed by atoms with Crippen LogP contribution in [0.4, 0.5) is 10.1 Å². The lowest BCUT2D eigenvalue weighted by Crippen LogP contribution is -2.14. The highest BCUT2D eigenvalue weighted by Gasteiger charge is 2.04. The molecule has 0 radical (unpaired) electrons. The van der Waals surface area contributed by atoms with Gasteiger partial charge in [-0.15, -0.1) is 11.8 Å². The summed E-state index contributed by atoms with van der Waals surface area (Å²) in [7, 11) is 0. The monoisotopic (exact) mass is 276 g/mol. The van der Waals surface area contributed by atoms with Gasteiger partial charge in [0, 0.05) is 22.5 Å². The van der Waals surface area contributed by atoms with Crippen LogP contribution in [0.3, 0.4) is 0 Å². The van der Waals surface area contributed by atoms with Gasteiger partial charge in [0.25, 0.3) is 0 Å². The molecule has 98 valence electrons. The molecule has 1 aromatic heterocycles. The highest BCUT2D eigenvalue weighted by Crippen LogP contribution is 2.19. The number of hydrogen-bond donors (Lipinski definition) is 1. The lowest BCUT2D eigenvalue weighted by molar-refractivity contribution is -0.113. The number of aromatic nitrogens is 1. The van der Waals surface area contributed by atoms with Crippen molar-refractivity contribution in [2.45, 2.75) is 11.8 Å². The van der Waals surface area contributed by atoms with Crippen LogP contribution in [0.25, 0.3) is 0 Å². The number of anilines is 1. The van der Waals surface area contributed by atoms with Crippen LogP contribution >= 0.6 is 11.8 Å². The number of halogens is 1. The molecule has 1 heterocycles. The summed E-state index contributed by atoms with van der Waals surface area (Å²) in [6.45, 7) is 1.86. The Labute approximate surface area is 115 Å². The molecule has 1 aromatic carbocycles. The fourth-order valence-corrected chi connectivity index (χ4v) is 2.27. The van der Waals surface area contributed by atoms with E-state index in [4.69, 9.17) is 0 Å². The molecule has 2 aromatic rings. The summed E-state index contributed by atoms with van der Waals surface area (Å²) < 4.78 is 13.0. The second-order valence-corrected chi connectivity index (χ2v) is 5.03. The van der Waals surface area contributed by atoms with Gasteiger partial charge in [-0.2, -0.15) is 0 Å². The second-order valence-electron chi connectivity index (χ2n) is 3.98. The van der Waals surface area contributed by atoms with E-state index in [0.29, 0.717) is 0 Å². The van der Waals surface area contributed by atoms with Crippen molar-refractivity contribution in [2.75, 3.05) is 11.1 Å². The number of pyridine rings is 1.